The molecule has 1 heteroatoms. The number of allylic oxidation sites excluding steroid dienone is 1. The van der Waals surface area contributed by atoms with Gasteiger partial charge in [0.15, 0.2) is 0 Å². The summed E-state index contributed by atoms with van der Waals surface area (Å²) in [5.74, 6) is 0. The van der Waals surface area contributed by atoms with Crippen LogP contribution in [0.1, 0.15) is 44.5 Å². The third-order valence-electron chi connectivity index (χ3n) is 12.1. The van der Waals surface area contributed by atoms with Gasteiger partial charge in [0, 0.05) is 20.2 Å². The molecule has 0 bridgehead atoms. The Morgan fingerprint density at radius 2 is 1.18 bits per heavy atom. The van der Waals surface area contributed by atoms with E-state index in [4.69, 9.17) is 0 Å². The van der Waals surface area contributed by atoms with Crippen molar-refractivity contribution < 1.29 is 0 Å². The van der Waals surface area contributed by atoms with E-state index in [1.807, 2.05) is 11.3 Å². The van der Waals surface area contributed by atoms with E-state index in [2.05, 4.69) is 207 Å². The van der Waals surface area contributed by atoms with Crippen LogP contribution >= 0.6 is 11.3 Å². The Kier molecular flexibility index (Phi) is 7.66. The molecule has 0 N–H and O–H groups in total. The molecule has 0 radical (unpaired) electrons. The zero-order valence-electron chi connectivity index (χ0n) is 31.2. The third kappa shape index (κ3) is 4.98. The third-order valence-corrected chi connectivity index (χ3v) is 13.2. The van der Waals surface area contributed by atoms with Gasteiger partial charge in [-0.25, -0.2) is 0 Å². The summed E-state index contributed by atoms with van der Waals surface area (Å²) >= 11 is 1.89. The standard InChI is InChI=1S/C55H38S/c1-36-32-50-53(45-24-11-10-22-42(36)45)46-31-30-38(35-49(46)55(50,41-20-6-3-7-21-41)48-27-14-19-39-18-8-9-23-43(39)48)34-40(33-37-16-4-2-5-17-37)44-26-15-29-52-54(44)47-25-12-13-28-51(47)56-52/h2-32,34-35H,33H2,1H3/b40-34-. The minimum atomic E-state index is -0.547. The maximum atomic E-state index is 2.52. The molecule has 0 nitrogen and oxygen atoms in total. The smallest absolute Gasteiger partial charge is 0.0720 e. The summed E-state index contributed by atoms with van der Waals surface area (Å²) in [6.07, 6.45) is 3.30. The molecular weight excluding hydrogens is 693 g/mol. The highest BCUT2D eigenvalue weighted by Crippen LogP contribution is 2.59. The molecule has 264 valence electrons. The summed E-state index contributed by atoms with van der Waals surface area (Å²) < 4.78 is 2.66. The van der Waals surface area contributed by atoms with Crippen molar-refractivity contribution in [2.75, 3.05) is 0 Å². The lowest BCUT2D eigenvalue weighted by molar-refractivity contribution is 0.776. The van der Waals surface area contributed by atoms with Crippen molar-refractivity contribution in [1.29, 1.82) is 0 Å². The van der Waals surface area contributed by atoms with Crippen LogP contribution in [0.5, 0.6) is 0 Å². The van der Waals surface area contributed by atoms with Crippen molar-refractivity contribution in [3.63, 3.8) is 0 Å². The largest absolute Gasteiger partial charge is 0.135 e. The Morgan fingerprint density at radius 3 is 2.02 bits per heavy atom. The van der Waals surface area contributed by atoms with Crippen molar-refractivity contribution >= 4 is 64.7 Å². The first-order valence-corrected chi connectivity index (χ1v) is 20.4. The maximum absolute atomic E-state index is 2.52. The van der Waals surface area contributed by atoms with Crippen molar-refractivity contribution in [3.8, 4) is 11.1 Å². The number of thiophene rings is 1. The average Bonchev–Trinajstić information content (AvgIpc) is 3.78. The van der Waals surface area contributed by atoms with Crippen LogP contribution in [0, 0.1) is 6.92 Å². The molecule has 1 aromatic heterocycles. The number of aryl methyl sites for hydroxylation is 1. The first-order valence-electron chi connectivity index (χ1n) is 19.5. The fourth-order valence-corrected chi connectivity index (χ4v) is 10.9. The highest BCUT2D eigenvalue weighted by Gasteiger charge is 2.47. The second-order valence-electron chi connectivity index (χ2n) is 15.2. The number of rotatable bonds is 6. The Hall–Kier alpha value is -6.54. The van der Waals surface area contributed by atoms with Crippen LogP contribution in [0.15, 0.2) is 194 Å². The number of hydrogen-bond donors (Lipinski definition) is 0. The predicted octanol–water partition coefficient (Wildman–Crippen LogP) is 14.8. The normalized spacial score (nSPS) is 15.1. The van der Waals surface area contributed by atoms with E-state index in [-0.39, 0.29) is 0 Å². The van der Waals surface area contributed by atoms with E-state index >= 15 is 0 Å². The second kappa shape index (κ2) is 13.0. The molecule has 0 aliphatic heterocycles. The fraction of sp³-hybridized carbons (Fsp3) is 0.0545. The zero-order chi connectivity index (χ0) is 37.2. The molecule has 0 fully saturated rings. The lowest BCUT2D eigenvalue weighted by atomic mass is 9.66. The fourth-order valence-electron chi connectivity index (χ4n) is 9.75. The summed E-state index contributed by atoms with van der Waals surface area (Å²) in [7, 11) is 0. The Labute approximate surface area is 331 Å². The van der Waals surface area contributed by atoms with E-state index in [0.717, 1.165) is 6.42 Å². The first kappa shape index (κ1) is 32.9. The molecule has 1 unspecified atom stereocenters. The first-order chi connectivity index (χ1) is 27.7. The lowest BCUT2D eigenvalue weighted by Crippen LogP contribution is -2.29. The molecular formula is C55H38S. The van der Waals surface area contributed by atoms with Gasteiger partial charge in [0.05, 0.1) is 5.41 Å². The SMILES string of the molecule is Cc1cc2c(c3ccccc13)-c1ccc(/C=C(/Cc3ccccc3)c3cccc4sc5ccccc5c34)cc1C2(c1ccccc1)c1cccc2ccccc12. The number of benzene rings is 9. The van der Waals surface area contributed by atoms with Crippen LogP contribution in [0.4, 0.5) is 0 Å². The molecule has 0 saturated heterocycles. The Bertz CT molecular complexity index is 3160. The molecule has 0 saturated carbocycles. The molecule has 56 heavy (non-hydrogen) atoms. The van der Waals surface area contributed by atoms with Crippen LogP contribution in [-0.2, 0) is 11.8 Å². The van der Waals surface area contributed by atoms with Crippen LogP contribution in [0.2, 0.25) is 0 Å². The summed E-state index contributed by atoms with van der Waals surface area (Å²) in [6, 6.07) is 72.5. The number of fused-ring (bicyclic) bond motifs is 9. The quantitative estimate of drug-likeness (QED) is 0.149. The monoisotopic (exact) mass is 730 g/mol. The van der Waals surface area contributed by atoms with Gasteiger partial charge in [-0.1, -0.05) is 182 Å². The van der Waals surface area contributed by atoms with Crippen LogP contribution in [-0.4, -0.2) is 0 Å². The van der Waals surface area contributed by atoms with Crippen LogP contribution in [0.25, 0.3) is 64.5 Å². The second-order valence-corrected chi connectivity index (χ2v) is 16.3. The van der Waals surface area contributed by atoms with Gasteiger partial charge in [0.2, 0.25) is 0 Å². The van der Waals surface area contributed by atoms with Crippen molar-refractivity contribution in [2.24, 2.45) is 0 Å². The Morgan fingerprint density at radius 1 is 0.518 bits per heavy atom. The summed E-state index contributed by atoms with van der Waals surface area (Å²) in [4.78, 5) is 0. The minimum absolute atomic E-state index is 0.547. The molecule has 1 heterocycles. The van der Waals surface area contributed by atoms with E-state index in [0.29, 0.717) is 0 Å². The summed E-state index contributed by atoms with van der Waals surface area (Å²) in [6.45, 7) is 2.28. The van der Waals surface area contributed by atoms with E-state index in [9.17, 15) is 0 Å². The molecule has 9 aromatic carbocycles. The molecule has 10 aromatic rings. The van der Waals surface area contributed by atoms with Crippen LogP contribution < -0.4 is 0 Å². The molecule has 11 rings (SSSR count). The van der Waals surface area contributed by atoms with Crippen LogP contribution in [0.3, 0.4) is 0 Å². The minimum Gasteiger partial charge on any atom is -0.135 e. The van der Waals surface area contributed by atoms with Gasteiger partial charge < -0.3 is 0 Å². The van der Waals surface area contributed by atoms with Gasteiger partial charge in [-0.3, -0.25) is 0 Å². The van der Waals surface area contributed by atoms with Crippen molar-refractivity contribution in [2.45, 2.75) is 18.8 Å². The highest BCUT2D eigenvalue weighted by molar-refractivity contribution is 7.25. The van der Waals surface area contributed by atoms with E-state index in [1.165, 1.54) is 103 Å². The predicted molar refractivity (Wildman–Crippen MR) is 241 cm³/mol. The van der Waals surface area contributed by atoms with Gasteiger partial charge in [-0.2, -0.15) is 0 Å². The van der Waals surface area contributed by atoms with Gasteiger partial charge in [-0.05, 0) is 114 Å². The topological polar surface area (TPSA) is 0 Å². The zero-order valence-corrected chi connectivity index (χ0v) is 32.0. The van der Waals surface area contributed by atoms with Gasteiger partial charge in [-0.15, -0.1) is 11.3 Å². The van der Waals surface area contributed by atoms with E-state index < -0.39 is 5.41 Å². The van der Waals surface area contributed by atoms with E-state index in [1.54, 1.807) is 0 Å². The molecule has 1 aliphatic carbocycles. The summed E-state index contributed by atoms with van der Waals surface area (Å²) in [5.41, 5.74) is 13.8. The Balaban J connectivity index is 1.24. The maximum Gasteiger partial charge on any atom is 0.0720 e. The molecule has 0 spiro atoms. The molecule has 1 aliphatic rings. The van der Waals surface area contributed by atoms with Gasteiger partial charge >= 0.3 is 0 Å². The lowest BCUT2D eigenvalue weighted by Gasteiger charge is -2.35. The van der Waals surface area contributed by atoms with Crippen molar-refractivity contribution in [3.05, 3.63) is 239 Å². The van der Waals surface area contributed by atoms with Gasteiger partial charge in [0.25, 0.3) is 0 Å². The molecule has 0 amide bonds. The molecule has 1 atom stereocenters. The highest BCUT2D eigenvalue weighted by atomic mass is 32.1. The van der Waals surface area contributed by atoms with Gasteiger partial charge in [0.1, 0.15) is 0 Å². The summed E-state index contributed by atoms with van der Waals surface area (Å²) in [5, 5.41) is 7.83. The average molecular weight is 731 g/mol. The number of hydrogen-bond acceptors (Lipinski definition) is 1. The van der Waals surface area contributed by atoms with Crippen molar-refractivity contribution in [1.82, 2.24) is 0 Å².